The van der Waals surface area contributed by atoms with E-state index < -0.39 is 0 Å². The van der Waals surface area contributed by atoms with E-state index in [1.54, 1.807) is 0 Å². The van der Waals surface area contributed by atoms with Crippen molar-refractivity contribution in [3.63, 3.8) is 0 Å². The number of nitrogens with one attached hydrogen (secondary N) is 1. The summed E-state index contributed by atoms with van der Waals surface area (Å²) in [5.74, 6) is 0. The Morgan fingerprint density at radius 1 is 1.25 bits per heavy atom. The Morgan fingerprint density at radius 3 is 2.75 bits per heavy atom. The molecule has 0 saturated heterocycles. The molecule has 1 heterocycles. The van der Waals surface area contributed by atoms with E-state index in [2.05, 4.69) is 5.43 Å². The van der Waals surface area contributed by atoms with E-state index in [-0.39, 0.29) is 0 Å². The van der Waals surface area contributed by atoms with Gasteiger partial charge in [0, 0.05) is 35.2 Å². The molecule has 1 N–H and O–H groups in total. The van der Waals surface area contributed by atoms with Crippen molar-refractivity contribution >= 4 is 22.4 Å². The lowest BCUT2D eigenvalue weighted by Gasteiger charge is -1.95. The monoisotopic (exact) mass is 180 g/mol. The lowest BCUT2D eigenvalue weighted by molar-refractivity contribution is 0.943. The van der Waals surface area contributed by atoms with Crippen LogP contribution in [0.3, 0.4) is 0 Å². The molecule has 0 spiro atoms. The van der Waals surface area contributed by atoms with Crippen molar-refractivity contribution in [2.24, 2.45) is 0 Å². The molecule has 0 amide bonds. The smallest absolute Gasteiger partial charge is 0.0412 e. The number of aromatic nitrogens is 1. The Labute approximate surface area is 75.7 Å². The van der Waals surface area contributed by atoms with Crippen molar-refractivity contribution in [2.45, 2.75) is 0 Å². The maximum Gasteiger partial charge on any atom is 0.0412 e. The topological polar surface area (TPSA) is 17.0 Å². The van der Waals surface area contributed by atoms with Crippen LogP contribution in [0.2, 0.25) is 5.02 Å². The standard InChI is InChI=1S/C9H9ClN2/c1-11-12-5-7-2-3-9(10)4-8(7)6-12/h2-6,11H,1H3. The fourth-order valence-electron chi connectivity index (χ4n) is 1.24. The minimum atomic E-state index is 0.774. The number of benzene rings is 1. The van der Waals surface area contributed by atoms with E-state index >= 15 is 0 Å². The molecule has 2 rings (SSSR count). The molecule has 3 heteroatoms. The van der Waals surface area contributed by atoms with E-state index in [0.717, 1.165) is 10.4 Å². The molecule has 1 aromatic carbocycles. The first kappa shape index (κ1) is 7.50. The van der Waals surface area contributed by atoms with Gasteiger partial charge in [0.15, 0.2) is 0 Å². The van der Waals surface area contributed by atoms with Gasteiger partial charge in [-0.05, 0) is 12.1 Å². The Kier molecular flexibility index (Phi) is 1.70. The molecule has 0 radical (unpaired) electrons. The third kappa shape index (κ3) is 1.14. The summed E-state index contributed by atoms with van der Waals surface area (Å²) < 4.78 is 1.90. The van der Waals surface area contributed by atoms with Crippen LogP contribution in [0.4, 0.5) is 0 Å². The van der Waals surface area contributed by atoms with Gasteiger partial charge < -0.3 is 5.43 Å². The highest BCUT2D eigenvalue weighted by Gasteiger charge is 1.96. The van der Waals surface area contributed by atoms with Crippen LogP contribution >= 0.6 is 11.6 Å². The Hall–Kier alpha value is -1.15. The van der Waals surface area contributed by atoms with Gasteiger partial charge in [0.25, 0.3) is 0 Å². The quantitative estimate of drug-likeness (QED) is 0.714. The average molecular weight is 181 g/mol. The summed E-state index contributed by atoms with van der Waals surface area (Å²) in [7, 11) is 1.88. The van der Waals surface area contributed by atoms with E-state index in [9.17, 15) is 0 Å². The minimum Gasteiger partial charge on any atom is -0.329 e. The predicted molar refractivity (Wildman–Crippen MR) is 52.2 cm³/mol. The first-order valence-corrected chi connectivity index (χ1v) is 4.12. The molecule has 0 aliphatic rings. The summed E-state index contributed by atoms with van der Waals surface area (Å²) in [6.07, 6.45) is 4.02. The first-order valence-electron chi connectivity index (χ1n) is 3.74. The number of hydrogen-bond donors (Lipinski definition) is 1. The molecular formula is C9H9ClN2. The van der Waals surface area contributed by atoms with Gasteiger partial charge >= 0.3 is 0 Å². The molecule has 2 aromatic rings. The number of fused-ring (bicyclic) bond motifs is 1. The largest absolute Gasteiger partial charge is 0.329 e. The highest BCUT2D eigenvalue weighted by molar-refractivity contribution is 6.31. The summed E-state index contributed by atoms with van der Waals surface area (Å²) >= 11 is 5.84. The normalized spacial score (nSPS) is 10.5. The Bertz CT molecular complexity index is 406. The van der Waals surface area contributed by atoms with Gasteiger partial charge in [-0.1, -0.05) is 17.7 Å². The van der Waals surface area contributed by atoms with E-state index in [0.29, 0.717) is 0 Å². The molecule has 0 saturated carbocycles. The zero-order chi connectivity index (χ0) is 8.55. The highest BCUT2D eigenvalue weighted by atomic mass is 35.5. The van der Waals surface area contributed by atoms with Crippen LogP contribution in [0.1, 0.15) is 0 Å². The summed E-state index contributed by atoms with van der Waals surface area (Å²) in [4.78, 5) is 0. The van der Waals surface area contributed by atoms with Crippen LogP contribution < -0.4 is 5.43 Å². The molecule has 0 aliphatic carbocycles. The van der Waals surface area contributed by atoms with Crippen molar-refractivity contribution in [3.8, 4) is 0 Å². The van der Waals surface area contributed by atoms with Gasteiger partial charge in [-0.15, -0.1) is 0 Å². The molecule has 0 aliphatic heterocycles. The molecule has 2 nitrogen and oxygen atoms in total. The van der Waals surface area contributed by atoms with Gasteiger partial charge in [0.05, 0.1) is 0 Å². The Balaban J connectivity index is 2.67. The molecule has 62 valence electrons. The summed E-state index contributed by atoms with van der Waals surface area (Å²) in [5, 5.41) is 3.11. The van der Waals surface area contributed by atoms with Gasteiger partial charge in [-0.2, -0.15) is 0 Å². The zero-order valence-electron chi connectivity index (χ0n) is 6.71. The maximum absolute atomic E-state index is 5.84. The lowest BCUT2D eigenvalue weighted by atomic mass is 10.2. The van der Waals surface area contributed by atoms with Crippen LogP contribution in [0.15, 0.2) is 30.6 Å². The minimum absolute atomic E-state index is 0.774. The van der Waals surface area contributed by atoms with Crippen molar-refractivity contribution in [3.05, 3.63) is 35.6 Å². The zero-order valence-corrected chi connectivity index (χ0v) is 7.47. The van der Waals surface area contributed by atoms with Gasteiger partial charge in [0.2, 0.25) is 0 Å². The van der Waals surface area contributed by atoms with Gasteiger partial charge in [0.1, 0.15) is 0 Å². The summed E-state index contributed by atoms with van der Waals surface area (Å²) in [6.45, 7) is 0. The molecule has 0 fully saturated rings. The van der Waals surface area contributed by atoms with E-state index in [1.165, 1.54) is 5.39 Å². The highest BCUT2D eigenvalue weighted by Crippen LogP contribution is 2.19. The van der Waals surface area contributed by atoms with E-state index in [1.807, 2.05) is 42.3 Å². The third-order valence-corrected chi connectivity index (χ3v) is 2.10. The third-order valence-electron chi connectivity index (χ3n) is 1.86. The second kappa shape index (κ2) is 2.72. The number of halogens is 1. The number of nitrogens with zero attached hydrogens (tertiary/aromatic N) is 1. The molecule has 0 atom stereocenters. The van der Waals surface area contributed by atoms with Crippen LogP contribution in [-0.2, 0) is 0 Å². The average Bonchev–Trinajstić information content (AvgIpc) is 2.46. The first-order chi connectivity index (χ1) is 5.79. The molecule has 0 bridgehead atoms. The van der Waals surface area contributed by atoms with Crippen molar-refractivity contribution in [1.82, 2.24) is 4.68 Å². The van der Waals surface area contributed by atoms with Gasteiger partial charge in [-0.3, -0.25) is 4.68 Å². The molecule has 12 heavy (non-hydrogen) atoms. The molecule has 0 unspecified atom stereocenters. The second-order valence-corrected chi connectivity index (χ2v) is 3.10. The van der Waals surface area contributed by atoms with Crippen molar-refractivity contribution < 1.29 is 0 Å². The number of rotatable bonds is 1. The summed E-state index contributed by atoms with van der Waals surface area (Å²) in [6, 6.07) is 5.85. The SMILES string of the molecule is CNn1cc2ccc(Cl)cc2c1. The van der Waals surface area contributed by atoms with Crippen LogP contribution in [0.25, 0.3) is 10.8 Å². The lowest BCUT2D eigenvalue weighted by Crippen LogP contribution is -2.03. The maximum atomic E-state index is 5.84. The fourth-order valence-corrected chi connectivity index (χ4v) is 1.42. The Morgan fingerprint density at radius 2 is 2.00 bits per heavy atom. The molecular weight excluding hydrogens is 172 g/mol. The van der Waals surface area contributed by atoms with E-state index in [4.69, 9.17) is 11.6 Å². The number of hydrogen-bond acceptors (Lipinski definition) is 1. The van der Waals surface area contributed by atoms with Crippen molar-refractivity contribution in [1.29, 1.82) is 0 Å². The fraction of sp³-hybridized carbons (Fsp3) is 0.111. The second-order valence-electron chi connectivity index (χ2n) is 2.66. The van der Waals surface area contributed by atoms with Crippen LogP contribution in [-0.4, -0.2) is 11.7 Å². The van der Waals surface area contributed by atoms with Gasteiger partial charge in [-0.25, -0.2) is 0 Å². The predicted octanol–water partition coefficient (Wildman–Crippen LogP) is 2.47. The van der Waals surface area contributed by atoms with Crippen LogP contribution in [0, 0.1) is 0 Å². The summed E-state index contributed by atoms with van der Waals surface area (Å²) in [5.41, 5.74) is 3.01. The van der Waals surface area contributed by atoms with Crippen molar-refractivity contribution in [2.75, 3.05) is 12.5 Å². The van der Waals surface area contributed by atoms with Crippen LogP contribution in [0.5, 0.6) is 0 Å². The molecule has 1 aromatic heterocycles.